The van der Waals surface area contributed by atoms with Gasteiger partial charge in [-0.2, -0.15) is 4.31 Å². The zero-order chi connectivity index (χ0) is 17.2. The van der Waals surface area contributed by atoms with Crippen LogP contribution in [0.4, 0.5) is 0 Å². The Labute approximate surface area is 146 Å². The monoisotopic (exact) mass is 364 g/mol. The van der Waals surface area contributed by atoms with Crippen LogP contribution in [0.3, 0.4) is 0 Å². The standard InChI is InChI=1S/C17H17ClN2O3S/c1-13-2-4-14(5-3-13)8-9-24(21,22)20-11-16(12-20)23-17-7-6-15(18)10-19-17/h2-10,16H,11-12H2,1H3/b9-8+. The van der Waals surface area contributed by atoms with Gasteiger partial charge >= 0.3 is 0 Å². The highest BCUT2D eigenvalue weighted by atomic mass is 35.5. The van der Waals surface area contributed by atoms with Crippen molar-refractivity contribution in [3.63, 3.8) is 0 Å². The summed E-state index contributed by atoms with van der Waals surface area (Å²) in [6.07, 6.45) is 2.90. The molecule has 0 N–H and O–H groups in total. The van der Waals surface area contributed by atoms with Gasteiger partial charge in [0.15, 0.2) is 0 Å². The number of hydrogen-bond acceptors (Lipinski definition) is 4. The van der Waals surface area contributed by atoms with Gasteiger partial charge in [0.05, 0.1) is 18.1 Å². The molecule has 1 aromatic carbocycles. The molecule has 3 rings (SSSR count). The van der Waals surface area contributed by atoms with E-state index in [0.29, 0.717) is 24.0 Å². The van der Waals surface area contributed by atoms with Gasteiger partial charge in [0.25, 0.3) is 0 Å². The van der Waals surface area contributed by atoms with E-state index in [-0.39, 0.29) is 6.10 Å². The maximum atomic E-state index is 12.2. The average Bonchev–Trinajstić information content (AvgIpc) is 2.51. The van der Waals surface area contributed by atoms with E-state index in [4.69, 9.17) is 16.3 Å². The fraction of sp³-hybridized carbons (Fsp3) is 0.235. The van der Waals surface area contributed by atoms with Crippen molar-refractivity contribution in [3.8, 4) is 5.88 Å². The van der Waals surface area contributed by atoms with Crippen LogP contribution >= 0.6 is 11.6 Å². The minimum Gasteiger partial charge on any atom is -0.472 e. The van der Waals surface area contributed by atoms with E-state index in [0.717, 1.165) is 11.1 Å². The Morgan fingerprint density at radius 2 is 1.92 bits per heavy atom. The predicted molar refractivity (Wildman–Crippen MR) is 94.4 cm³/mol. The molecule has 0 radical (unpaired) electrons. The van der Waals surface area contributed by atoms with Gasteiger partial charge in [-0.15, -0.1) is 0 Å². The minimum absolute atomic E-state index is 0.193. The normalized spacial score (nSPS) is 16.2. The summed E-state index contributed by atoms with van der Waals surface area (Å²) in [7, 11) is -3.43. The lowest BCUT2D eigenvalue weighted by atomic mass is 10.2. The highest BCUT2D eigenvalue weighted by molar-refractivity contribution is 7.92. The largest absolute Gasteiger partial charge is 0.472 e. The molecule has 2 heterocycles. The van der Waals surface area contributed by atoms with Crippen molar-refractivity contribution < 1.29 is 13.2 Å². The Hall–Kier alpha value is -1.89. The molecule has 0 unspecified atom stereocenters. The van der Waals surface area contributed by atoms with Crippen molar-refractivity contribution in [3.05, 3.63) is 64.2 Å². The topological polar surface area (TPSA) is 59.5 Å². The molecule has 1 saturated heterocycles. The predicted octanol–water partition coefficient (Wildman–Crippen LogP) is 3.11. The van der Waals surface area contributed by atoms with E-state index < -0.39 is 10.0 Å². The van der Waals surface area contributed by atoms with Crippen molar-refractivity contribution >= 4 is 27.7 Å². The number of nitrogens with zero attached hydrogens (tertiary/aromatic N) is 2. The average molecular weight is 365 g/mol. The van der Waals surface area contributed by atoms with E-state index in [1.54, 1.807) is 18.2 Å². The molecule has 1 aromatic heterocycles. The third-order valence-electron chi connectivity index (χ3n) is 3.67. The summed E-state index contributed by atoms with van der Waals surface area (Å²) in [4.78, 5) is 4.03. The van der Waals surface area contributed by atoms with E-state index >= 15 is 0 Å². The van der Waals surface area contributed by atoms with Crippen LogP contribution < -0.4 is 4.74 Å². The van der Waals surface area contributed by atoms with Crippen LogP contribution in [0.15, 0.2) is 48.0 Å². The van der Waals surface area contributed by atoms with Crippen molar-refractivity contribution in [2.45, 2.75) is 13.0 Å². The van der Waals surface area contributed by atoms with Crippen LogP contribution in [0, 0.1) is 6.92 Å². The molecule has 1 fully saturated rings. The lowest BCUT2D eigenvalue weighted by Crippen LogP contribution is -2.55. The number of ether oxygens (including phenoxy) is 1. The van der Waals surface area contributed by atoms with Gasteiger partial charge < -0.3 is 4.74 Å². The highest BCUT2D eigenvalue weighted by Crippen LogP contribution is 2.21. The summed E-state index contributed by atoms with van der Waals surface area (Å²) in [6, 6.07) is 11.0. The number of aryl methyl sites for hydroxylation is 1. The Balaban J connectivity index is 1.55. The molecule has 7 heteroatoms. The second-order valence-electron chi connectivity index (χ2n) is 5.63. The quantitative estimate of drug-likeness (QED) is 0.818. The van der Waals surface area contributed by atoms with Crippen LogP contribution in [0.5, 0.6) is 5.88 Å². The Morgan fingerprint density at radius 1 is 1.21 bits per heavy atom. The molecule has 0 bridgehead atoms. The molecule has 1 aliphatic rings. The van der Waals surface area contributed by atoms with Gasteiger partial charge in [0.1, 0.15) is 6.10 Å². The first-order valence-corrected chi connectivity index (χ1v) is 9.34. The first-order valence-electron chi connectivity index (χ1n) is 7.45. The smallest absolute Gasteiger partial charge is 0.236 e. The summed E-state index contributed by atoms with van der Waals surface area (Å²) >= 11 is 5.76. The number of benzene rings is 1. The number of halogens is 1. The zero-order valence-corrected chi connectivity index (χ0v) is 14.7. The van der Waals surface area contributed by atoms with Gasteiger partial charge in [0, 0.05) is 17.7 Å². The molecular formula is C17H17ClN2O3S. The van der Waals surface area contributed by atoms with Crippen molar-refractivity contribution in [2.75, 3.05) is 13.1 Å². The molecule has 0 spiro atoms. The van der Waals surface area contributed by atoms with E-state index in [1.807, 2.05) is 31.2 Å². The number of sulfonamides is 1. The van der Waals surface area contributed by atoms with Gasteiger partial charge in [0.2, 0.25) is 15.9 Å². The second-order valence-corrected chi connectivity index (χ2v) is 7.88. The van der Waals surface area contributed by atoms with Crippen LogP contribution in [0.25, 0.3) is 6.08 Å². The Kier molecular flexibility index (Phi) is 4.89. The van der Waals surface area contributed by atoms with Gasteiger partial charge in [-0.3, -0.25) is 0 Å². The van der Waals surface area contributed by atoms with E-state index in [2.05, 4.69) is 4.98 Å². The molecular weight excluding hydrogens is 348 g/mol. The SMILES string of the molecule is Cc1ccc(/C=C/S(=O)(=O)N2CC(Oc3ccc(Cl)cn3)C2)cc1. The van der Waals surface area contributed by atoms with Crippen LogP contribution in [-0.2, 0) is 10.0 Å². The molecule has 2 aromatic rings. The second kappa shape index (κ2) is 6.93. The van der Waals surface area contributed by atoms with Crippen molar-refractivity contribution in [2.24, 2.45) is 0 Å². The summed E-state index contributed by atoms with van der Waals surface area (Å²) in [6.45, 7) is 2.61. The van der Waals surface area contributed by atoms with Crippen LogP contribution in [0.1, 0.15) is 11.1 Å². The third-order valence-corrected chi connectivity index (χ3v) is 5.39. The summed E-state index contributed by atoms with van der Waals surface area (Å²) in [5.74, 6) is 0.441. The highest BCUT2D eigenvalue weighted by Gasteiger charge is 2.36. The molecule has 0 amide bonds. The summed E-state index contributed by atoms with van der Waals surface area (Å²) < 4.78 is 31.5. The maximum Gasteiger partial charge on any atom is 0.236 e. The van der Waals surface area contributed by atoms with Gasteiger partial charge in [-0.05, 0) is 24.6 Å². The van der Waals surface area contributed by atoms with E-state index in [1.165, 1.54) is 15.9 Å². The van der Waals surface area contributed by atoms with Crippen molar-refractivity contribution in [1.82, 2.24) is 9.29 Å². The lowest BCUT2D eigenvalue weighted by Gasteiger charge is -2.36. The summed E-state index contributed by atoms with van der Waals surface area (Å²) in [5, 5.41) is 1.76. The minimum atomic E-state index is -3.43. The molecule has 0 saturated carbocycles. The van der Waals surface area contributed by atoms with Crippen molar-refractivity contribution in [1.29, 1.82) is 0 Å². The molecule has 1 aliphatic heterocycles. The Bertz CT molecular complexity index is 827. The molecule has 5 nitrogen and oxygen atoms in total. The first-order chi connectivity index (χ1) is 11.4. The number of pyridine rings is 1. The molecule has 24 heavy (non-hydrogen) atoms. The third kappa shape index (κ3) is 4.14. The fourth-order valence-electron chi connectivity index (χ4n) is 2.21. The number of aromatic nitrogens is 1. The van der Waals surface area contributed by atoms with E-state index in [9.17, 15) is 8.42 Å². The van der Waals surface area contributed by atoms with Crippen LogP contribution in [0.2, 0.25) is 5.02 Å². The van der Waals surface area contributed by atoms with Crippen LogP contribution in [-0.4, -0.2) is 36.9 Å². The number of rotatable bonds is 5. The Morgan fingerprint density at radius 3 is 2.54 bits per heavy atom. The lowest BCUT2D eigenvalue weighted by molar-refractivity contribution is 0.0730. The fourth-order valence-corrected chi connectivity index (χ4v) is 3.58. The van der Waals surface area contributed by atoms with Gasteiger partial charge in [-0.1, -0.05) is 41.4 Å². The zero-order valence-electron chi connectivity index (χ0n) is 13.1. The molecule has 0 aliphatic carbocycles. The number of hydrogen-bond donors (Lipinski definition) is 0. The molecule has 126 valence electrons. The molecule has 0 atom stereocenters. The maximum absolute atomic E-state index is 12.2. The van der Waals surface area contributed by atoms with Gasteiger partial charge in [-0.25, -0.2) is 13.4 Å². The first kappa shape index (κ1) is 17.0. The summed E-state index contributed by atoms with van der Waals surface area (Å²) in [5.41, 5.74) is 1.98.